The van der Waals surface area contributed by atoms with Crippen LogP contribution in [0.2, 0.25) is 0 Å². The van der Waals surface area contributed by atoms with Gasteiger partial charge >= 0.3 is 0 Å². The highest BCUT2D eigenvalue weighted by Gasteiger charge is 2.16. The molecule has 0 spiro atoms. The number of hydrogen-bond acceptors (Lipinski definition) is 5. The minimum atomic E-state index is -3.38. The van der Waals surface area contributed by atoms with Gasteiger partial charge in [0.25, 0.3) is 0 Å². The molecule has 0 saturated heterocycles. The quantitative estimate of drug-likeness (QED) is 0.877. The molecule has 1 aromatic carbocycles. The van der Waals surface area contributed by atoms with E-state index in [2.05, 4.69) is 15.6 Å². The predicted molar refractivity (Wildman–Crippen MR) is 75.6 cm³/mol. The molecule has 2 rings (SSSR count). The summed E-state index contributed by atoms with van der Waals surface area (Å²) in [4.78, 5) is 0.273. The molecule has 2 aromatic rings. The second-order valence-electron chi connectivity index (χ2n) is 4.51. The number of rotatable bonds is 5. The van der Waals surface area contributed by atoms with Gasteiger partial charge in [-0.05, 0) is 24.3 Å². The number of hydrogen-bond donors (Lipinski definition) is 1. The zero-order valence-corrected chi connectivity index (χ0v) is 12.4. The fourth-order valence-corrected chi connectivity index (χ4v) is 2.52. The van der Waals surface area contributed by atoms with Crippen LogP contribution in [-0.2, 0) is 23.6 Å². The normalized spacial score (nSPS) is 11.8. The van der Waals surface area contributed by atoms with Gasteiger partial charge < -0.3 is 5.32 Å². The molecule has 0 amide bonds. The molecule has 0 unspecified atom stereocenters. The topological polar surface area (TPSA) is 80.1 Å². The molecule has 0 atom stereocenters. The SMILES string of the molecule is CN(C)S(=O)(=O)c1ccc(NCc2cnnn2C)cc1. The molecular weight excluding hydrogens is 278 g/mol. The third-order valence-corrected chi connectivity index (χ3v) is 4.74. The standard InChI is InChI=1S/C12H17N5O2S/c1-16(2)20(18,19)12-6-4-10(5-7-12)13-8-11-9-14-15-17(11)3/h4-7,9,13H,8H2,1-3H3. The Balaban J connectivity index is 2.08. The van der Waals surface area contributed by atoms with E-state index in [9.17, 15) is 8.42 Å². The summed E-state index contributed by atoms with van der Waals surface area (Å²) in [7, 11) is 1.46. The number of nitrogens with zero attached hydrogens (tertiary/aromatic N) is 4. The zero-order valence-electron chi connectivity index (χ0n) is 11.6. The average Bonchev–Trinajstić information content (AvgIpc) is 2.82. The second kappa shape index (κ2) is 5.59. The van der Waals surface area contributed by atoms with Crippen LogP contribution in [0.3, 0.4) is 0 Å². The van der Waals surface area contributed by atoms with E-state index >= 15 is 0 Å². The van der Waals surface area contributed by atoms with Crippen molar-refractivity contribution in [3.05, 3.63) is 36.2 Å². The summed E-state index contributed by atoms with van der Waals surface area (Å²) in [5.74, 6) is 0. The molecule has 1 aromatic heterocycles. The summed E-state index contributed by atoms with van der Waals surface area (Å²) >= 11 is 0. The molecule has 8 heteroatoms. The van der Waals surface area contributed by atoms with Crippen molar-refractivity contribution >= 4 is 15.7 Å². The number of anilines is 1. The Hall–Kier alpha value is -1.93. The van der Waals surface area contributed by atoms with E-state index < -0.39 is 10.0 Å². The van der Waals surface area contributed by atoms with E-state index in [1.54, 1.807) is 35.1 Å². The fraction of sp³-hybridized carbons (Fsp3) is 0.333. The number of benzene rings is 1. The van der Waals surface area contributed by atoms with Gasteiger partial charge in [-0.3, -0.25) is 4.68 Å². The molecule has 0 saturated carbocycles. The van der Waals surface area contributed by atoms with Gasteiger partial charge in [0.05, 0.1) is 23.3 Å². The molecule has 1 heterocycles. The Morgan fingerprint density at radius 3 is 2.40 bits per heavy atom. The number of sulfonamides is 1. The molecule has 0 radical (unpaired) electrons. The summed E-state index contributed by atoms with van der Waals surface area (Å²) in [5.41, 5.74) is 1.78. The van der Waals surface area contributed by atoms with Gasteiger partial charge in [-0.1, -0.05) is 5.21 Å². The van der Waals surface area contributed by atoms with Crippen molar-refractivity contribution in [2.75, 3.05) is 19.4 Å². The van der Waals surface area contributed by atoms with E-state index in [-0.39, 0.29) is 4.90 Å². The maximum atomic E-state index is 11.9. The van der Waals surface area contributed by atoms with Crippen LogP contribution < -0.4 is 5.32 Å². The van der Waals surface area contributed by atoms with Crippen molar-refractivity contribution in [2.24, 2.45) is 7.05 Å². The van der Waals surface area contributed by atoms with E-state index in [4.69, 9.17) is 0 Å². The lowest BCUT2D eigenvalue weighted by atomic mass is 10.3. The van der Waals surface area contributed by atoms with Gasteiger partial charge in [0, 0.05) is 26.8 Å². The average molecular weight is 295 g/mol. The highest BCUT2D eigenvalue weighted by atomic mass is 32.2. The van der Waals surface area contributed by atoms with E-state index in [1.807, 2.05) is 7.05 Å². The monoisotopic (exact) mass is 295 g/mol. The first-order chi connectivity index (χ1) is 9.41. The van der Waals surface area contributed by atoms with Crippen molar-refractivity contribution in [1.29, 1.82) is 0 Å². The third kappa shape index (κ3) is 2.97. The first-order valence-corrected chi connectivity index (χ1v) is 7.45. The zero-order chi connectivity index (χ0) is 14.8. The van der Waals surface area contributed by atoms with Crippen LogP contribution in [0.4, 0.5) is 5.69 Å². The number of nitrogens with one attached hydrogen (secondary N) is 1. The Kier molecular flexibility index (Phi) is 4.05. The van der Waals surface area contributed by atoms with Gasteiger partial charge in [-0.15, -0.1) is 5.10 Å². The van der Waals surface area contributed by atoms with Crippen molar-refractivity contribution in [3.63, 3.8) is 0 Å². The highest BCUT2D eigenvalue weighted by molar-refractivity contribution is 7.89. The van der Waals surface area contributed by atoms with Crippen molar-refractivity contribution in [2.45, 2.75) is 11.4 Å². The minimum absolute atomic E-state index is 0.273. The summed E-state index contributed by atoms with van der Waals surface area (Å²) in [6, 6.07) is 6.64. The maximum Gasteiger partial charge on any atom is 0.242 e. The third-order valence-electron chi connectivity index (χ3n) is 2.91. The molecule has 7 nitrogen and oxygen atoms in total. The summed E-state index contributed by atoms with van der Waals surface area (Å²) in [5, 5.41) is 10.8. The number of aryl methyl sites for hydroxylation is 1. The van der Waals surface area contributed by atoms with Gasteiger partial charge in [-0.2, -0.15) is 0 Å². The largest absolute Gasteiger partial charge is 0.379 e. The Morgan fingerprint density at radius 1 is 1.25 bits per heavy atom. The minimum Gasteiger partial charge on any atom is -0.379 e. The lowest BCUT2D eigenvalue weighted by Crippen LogP contribution is -2.22. The smallest absolute Gasteiger partial charge is 0.242 e. The first-order valence-electron chi connectivity index (χ1n) is 6.01. The van der Waals surface area contributed by atoms with Crippen molar-refractivity contribution < 1.29 is 8.42 Å². The Labute approximate surface area is 118 Å². The summed E-state index contributed by atoms with van der Waals surface area (Å²) in [6.07, 6.45) is 1.68. The van der Waals surface area contributed by atoms with Crippen LogP contribution in [0.15, 0.2) is 35.4 Å². The lowest BCUT2D eigenvalue weighted by molar-refractivity contribution is 0.521. The molecule has 0 bridgehead atoms. The molecule has 1 N–H and O–H groups in total. The van der Waals surface area contributed by atoms with Crippen LogP contribution >= 0.6 is 0 Å². The van der Waals surface area contributed by atoms with E-state index in [1.165, 1.54) is 18.4 Å². The van der Waals surface area contributed by atoms with Crippen LogP contribution in [0.25, 0.3) is 0 Å². The molecular formula is C12H17N5O2S. The molecule has 0 aliphatic rings. The van der Waals surface area contributed by atoms with Crippen molar-refractivity contribution in [1.82, 2.24) is 19.3 Å². The molecule has 0 aliphatic heterocycles. The second-order valence-corrected chi connectivity index (χ2v) is 6.67. The summed E-state index contributed by atoms with van der Waals surface area (Å²) in [6.45, 7) is 0.573. The van der Waals surface area contributed by atoms with Crippen LogP contribution in [0.5, 0.6) is 0 Å². The van der Waals surface area contributed by atoms with E-state index in [0.29, 0.717) is 6.54 Å². The fourth-order valence-electron chi connectivity index (χ4n) is 1.62. The Morgan fingerprint density at radius 2 is 1.90 bits per heavy atom. The van der Waals surface area contributed by atoms with Gasteiger partial charge in [-0.25, -0.2) is 12.7 Å². The highest BCUT2D eigenvalue weighted by Crippen LogP contribution is 2.16. The van der Waals surface area contributed by atoms with Gasteiger partial charge in [0.1, 0.15) is 0 Å². The van der Waals surface area contributed by atoms with Gasteiger partial charge in [0.15, 0.2) is 0 Å². The van der Waals surface area contributed by atoms with Crippen LogP contribution in [-0.4, -0.2) is 41.8 Å². The predicted octanol–water partition coefficient (Wildman–Crippen LogP) is 0.677. The molecule has 0 fully saturated rings. The molecule has 108 valence electrons. The molecule has 0 aliphatic carbocycles. The van der Waals surface area contributed by atoms with Crippen LogP contribution in [0, 0.1) is 0 Å². The van der Waals surface area contributed by atoms with E-state index in [0.717, 1.165) is 11.4 Å². The number of aromatic nitrogens is 3. The molecule has 20 heavy (non-hydrogen) atoms. The lowest BCUT2D eigenvalue weighted by Gasteiger charge is -2.12. The summed E-state index contributed by atoms with van der Waals surface area (Å²) < 4.78 is 26.7. The van der Waals surface area contributed by atoms with Gasteiger partial charge in [0.2, 0.25) is 10.0 Å². The Bertz CT molecular complexity index is 676. The van der Waals surface area contributed by atoms with Crippen LogP contribution in [0.1, 0.15) is 5.69 Å². The maximum absolute atomic E-state index is 11.9. The first kappa shape index (κ1) is 14.5. The van der Waals surface area contributed by atoms with Crippen molar-refractivity contribution in [3.8, 4) is 0 Å².